The second kappa shape index (κ2) is 3.36. The van der Waals surface area contributed by atoms with Crippen molar-refractivity contribution in [2.45, 2.75) is 11.4 Å². The molecule has 0 fully saturated rings. The zero-order valence-corrected chi connectivity index (χ0v) is 7.96. The first-order valence-electron chi connectivity index (χ1n) is 4.08. The van der Waals surface area contributed by atoms with Gasteiger partial charge in [-0.1, -0.05) is 12.1 Å². The van der Waals surface area contributed by atoms with E-state index in [2.05, 4.69) is 17.6 Å². The number of hydrogen-bond donors (Lipinski definition) is 2. The van der Waals surface area contributed by atoms with Gasteiger partial charge in [-0.05, 0) is 17.7 Å². The van der Waals surface area contributed by atoms with Gasteiger partial charge in [-0.25, -0.2) is 0 Å². The Kier molecular flexibility index (Phi) is 2.20. The van der Waals surface area contributed by atoms with Crippen molar-refractivity contribution in [3.63, 3.8) is 0 Å². The Hall–Kier alpha value is -1.06. The lowest BCUT2D eigenvalue weighted by atomic mass is 10.1. The van der Waals surface area contributed by atoms with E-state index in [1.165, 1.54) is 0 Å². The lowest BCUT2D eigenvalue weighted by Crippen LogP contribution is -1.97. The molecule has 1 aromatic carbocycles. The molecule has 0 aliphatic carbocycles. The molecule has 0 unspecified atom stereocenters. The van der Waals surface area contributed by atoms with Gasteiger partial charge < -0.3 is 5.73 Å². The van der Waals surface area contributed by atoms with E-state index in [0.717, 1.165) is 21.4 Å². The van der Waals surface area contributed by atoms with Gasteiger partial charge in [0.1, 0.15) is 0 Å². The number of fused-ring (bicyclic) bond motifs is 1. The topological polar surface area (TPSA) is 38.9 Å². The van der Waals surface area contributed by atoms with Gasteiger partial charge in [-0.15, -0.1) is 12.6 Å². The van der Waals surface area contributed by atoms with Crippen LogP contribution in [0.4, 0.5) is 0 Å². The second-order valence-corrected chi connectivity index (χ2v) is 3.33. The highest BCUT2D eigenvalue weighted by molar-refractivity contribution is 7.80. The van der Waals surface area contributed by atoms with Crippen molar-refractivity contribution in [1.29, 1.82) is 0 Å². The van der Waals surface area contributed by atoms with Gasteiger partial charge in [0.15, 0.2) is 0 Å². The molecule has 2 aromatic rings. The minimum atomic E-state index is 0.538. The van der Waals surface area contributed by atoms with Gasteiger partial charge in [0, 0.05) is 23.0 Å². The van der Waals surface area contributed by atoms with Crippen molar-refractivity contribution in [3.05, 3.63) is 36.0 Å². The summed E-state index contributed by atoms with van der Waals surface area (Å²) in [4.78, 5) is 5.15. The molecule has 2 N–H and O–H groups in total. The van der Waals surface area contributed by atoms with Crippen molar-refractivity contribution in [2.24, 2.45) is 5.73 Å². The summed E-state index contributed by atoms with van der Waals surface area (Å²) in [7, 11) is 0. The molecule has 0 saturated carbocycles. The largest absolute Gasteiger partial charge is 0.326 e. The Morgan fingerprint density at radius 2 is 2.15 bits per heavy atom. The Labute approximate surface area is 82.2 Å². The molecular formula is C10H10N2S. The Bertz CT molecular complexity index is 440. The summed E-state index contributed by atoms with van der Waals surface area (Å²) in [5, 5.41) is 1.09. The van der Waals surface area contributed by atoms with Crippen molar-refractivity contribution in [2.75, 3.05) is 0 Å². The van der Waals surface area contributed by atoms with Crippen LogP contribution in [0.5, 0.6) is 0 Å². The van der Waals surface area contributed by atoms with Gasteiger partial charge in [-0.3, -0.25) is 4.98 Å². The van der Waals surface area contributed by atoms with Gasteiger partial charge in [0.05, 0.1) is 5.52 Å². The maximum atomic E-state index is 5.61. The molecule has 0 aliphatic rings. The van der Waals surface area contributed by atoms with Crippen LogP contribution in [0.1, 0.15) is 5.56 Å². The molecule has 0 saturated heterocycles. The summed E-state index contributed by atoms with van der Waals surface area (Å²) in [6, 6.07) is 7.85. The van der Waals surface area contributed by atoms with Crippen LogP contribution in [0.2, 0.25) is 0 Å². The predicted octanol–water partition coefficient (Wildman–Crippen LogP) is 1.98. The Morgan fingerprint density at radius 1 is 1.31 bits per heavy atom. The Balaban J connectivity index is 2.84. The fourth-order valence-corrected chi connectivity index (χ4v) is 1.66. The van der Waals surface area contributed by atoms with E-state index in [-0.39, 0.29) is 0 Å². The van der Waals surface area contributed by atoms with Gasteiger partial charge >= 0.3 is 0 Å². The summed E-state index contributed by atoms with van der Waals surface area (Å²) < 4.78 is 0. The monoisotopic (exact) mass is 190 g/mol. The third-order valence-corrected chi connectivity index (χ3v) is 2.42. The van der Waals surface area contributed by atoms with Crippen molar-refractivity contribution >= 4 is 23.5 Å². The smallest absolute Gasteiger partial charge is 0.0838 e. The third-order valence-electron chi connectivity index (χ3n) is 2.06. The third kappa shape index (κ3) is 1.41. The molecule has 0 bridgehead atoms. The quantitative estimate of drug-likeness (QED) is 0.675. The minimum Gasteiger partial charge on any atom is -0.326 e. The first-order valence-corrected chi connectivity index (χ1v) is 4.53. The van der Waals surface area contributed by atoms with E-state index in [0.29, 0.717) is 6.54 Å². The fourth-order valence-electron chi connectivity index (χ4n) is 1.40. The zero-order valence-electron chi connectivity index (χ0n) is 7.07. The van der Waals surface area contributed by atoms with Crippen molar-refractivity contribution in [1.82, 2.24) is 4.98 Å². The van der Waals surface area contributed by atoms with Gasteiger partial charge in [-0.2, -0.15) is 0 Å². The molecule has 0 radical (unpaired) electrons. The van der Waals surface area contributed by atoms with Crippen LogP contribution in [-0.4, -0.2) is 4.98 Å². The van der Waals surface area contributed by atoms with Crippen LogP contribution >= 0.6 is 12.6 Å². The van der Waals surface area contributed by atoms with E-state index < -0.39 is 0 Å². The number of thiol groups is 1. The SMILES string of the molecule is NCc1ccnc2c(S)cccc12. The first kappa shape index (κ1) is 8.53. The maximum absolute atomic E-state index is 5.61. The average Bonchev–Trinajstić information content (AvgIpc) is 2.18. The molecule has 0 aliphatic heterocycles. The fraction of sp³-hybridized carbons (Fsp3) is 0.100. The standard InChI is InChI=1S/C10H10N2S/c11-6-7-4-5-12-10-8(7)2-1-3-9(10)13/h1-5,13H,6,11H2. The summed E-state index contributed by atoms with van der Waals surface area (Å²) >= 11 is 4.33. The highest BCUT2D eigenvalue weighted by Crippen LogP contribution is 2.21. The molecule has 1 heterocycles. The highest BCUT2D eigenvalue weighted by atomic mass is 32.1. The average molecular weight is 190 g/mol. The van der Waals surface area contributed by atoms with Crippen LogP contribution in [0.15, 0.2) is 35.4 Å². The van der Waals surface area contributed by atoms with Gasteiger partial charge in [0.25, 0.3) is 0 Å². The number of para-hydroxylation sites is 1. The van der Waals surface area contributed by atoms with Crippen molar-refractivity contribution in [3.8, 4) is 0 Å². The second-order valence-electron chi connectivity index (χ2n) is 2.85. The first-order chi connectivity index (χ1) is 6.33. The molecular weight excluding hydrogens is 180 g/mol. The number of nitrogens with two attached hydrogens (primary N) is 1. The van der Waals surface area contributed by atoms with Crippen LogP contribution in [0.3, 0.4) is 0 Å². The van der Waals surface area contributed by atoms with Crippen LogP contribution in [0.25, 0.3) is 10.9 Å². The van der Waals surface area contributed by atoms with Crippen LogP contribution in [-0.2, 0) is 6.54 Å². The molecule has 66 valence electrons. The predicted molar refractivity (Wildman–Crippen MR) is 56.9 cm³/mol. The van der Waals surface area contributed by atoms with Crippen LogP contribution in [0, 0.1) is 0 Å². The summed E-state index contributed by atoms with van der Waals surface area (Å²) in [5.74, 6) is 0. The number of benzene rings is 1. The number of pyridine rings is 1. The maximum Gasteiger partial charge on any atom is 0.0838 e. The number of nitrogens with zero attached hydrogens (tertiary/aromatic N) is 1. The van der Waals surface area contributed by atoms with Crippen LogP contribution < -0.4 is 5.73 Å². The van der Waals surface area contributed by atoms with E-state index >= 15 is 0 Å². The molecule has 1 aromatic heterocycles. The lowest BCUT2D eigenvalue weighted by molar-refractivity contribution is 1.08. The van der Waals surface area contributed by atoms with Gasteiger partial charge in [0.2, 0.25) is 0 Å². The normalized spacial score (nSPS) is 10.6. The molecule has 0 amide bonds. The van der Waals surface area contributed by atoms with E-state index in [1.54, 1.807) is 6.20 Å². The highest BCUT2D eigenvalue weighted by Gasteiger charge is 2.01. The molecule has 2 rings (SSSR count). The molecule has 3 heteroatoms. The zero-order chi connectivity index (χ0) is 9.26. The lowest BCUT2D eigenvalue weighted by Gasteiger charge is -2.04. The summed E-state index contributed by atoms with van der Waals surface area (Å²) in [6.07, 6.45) is 1.77. The molecule has 0 spiro atoms. The van der Waals surface area contributed by atoms with E-state index in [1.807, 2.05) is 24.3 Å². The minimum absolute atomic E-state index is 0.538. The summed E-state index contributed by atoms with van der Waals surface area (Å²) in [6.45, 7) is 0.538. The molecule has 0 atom stereocenters. The van der Waals surface area contributed by atoms with E-state index in [9.17, 15) is 0 Å². The molecule has 2 nitrogen and oxygen atoms in total. The Morgan fingerprint density at radius 3 is 2.92 bits per heavy atom. The summed E-state index contributed by atoms with van der Waals surface area (Å²) in [5.41, 5.74) is 7.65. The van der Waals surface area contributed by atoms with E-state index in [4.69, 9.17) is 5.73 Å². The number of hydrogen-bond acceptors (Lipinski definition) is 3. The molecule has 13 heavy (non-hydrogen) atoms. The van der Waals surface area contributed by atoms with Crippen molar-refractivity contribution < 1.29 is 0 Å². The number of aromatic nitrogens is 1. The number of rotatable bonds is 1.